The Balaban J connectivity index is 2.95. The first kappa shape index (κ1) is 14.0. The summed E-state index contributed by atoms with van der Waals surface area (Å²) in [5, 5.41) is 11.3. The minimum Gasteiger partial charge on any atom is -0.374 e. The summed E-state index contributed by atoms with van der Waals surface area (Å²) in [5.74, 6) is 0. The molecule has 4 nitrogen and oxygen atoms in total. The smallest absolute Gasteiger partial charge is 0.269 e. The highest BCUT2D eigenvalue weighted by molar-refractivity contribution is 9.08. The molecule has 0 aliphatic carbocycles. The minimum absolute atomic E-state index is 0.145. The molecular formula is C12H17BrN2O2. The Bertz CT molecular complexity index is 396. The molecule has 0 saturated carbocycles. The second kappa shape index (κ2) is 6.59. The maximum atomic E-state index is 10.7. The molecule has 0 spiro atoms. The van der Waals surface area contributed by atoms with Crippen molar-refractivity contribution >= 4 is 27.3 Å². The standard InChI is InChI=1S/C12H17BrN2O2/c1-3-4-7-14(2)12-6-5-11(15(16)17)8-10(12)9-13/h5-6,8H,3-4,7,9H2,1-2H3. The molecule has 17 heavy (non-hydrogen) atoms. The fourth-order valence-corrected chi connectivity index (χ4v) is 2.13. The van der Waals surface area contributed by atoms with E-state index in [4.69, 9.17) is 0 Å². The Hall–Kier alpha value is -1.10. The number of alkyl halides is 1. The Labute approximate surface area is 110 Å². The van der Waals surface area contributed by atoms with Gasteiger partial charge in [-0.1, -0.05) is 29.3 Å². The number of halogens is 1. The summed E-state index contributed by atoms with van der Waals surface area (Å²) in [6.45, 7) is 3.11. The number of hydrogen-bond donors (Lipinski definition) is 0. The van der Waals surface area contributed by atoms with Gasteiger partial charge >= 0.3 is 0 Å². The van der Waals surface area contributed by atoms with Crippen molar-refractivity contribution in [2.24, 2.45) is 0 Å². The molecule has 0 radical (unpaired) electrons. The largest absolute Gasteiger partial charge is 0.374 e. The van der Waals surface area contributed by atoms with Gasteiger partial charge in [0, 0.05) is 36.7 Å². The Morgan fingerprint density at radius 1 is 1.47 bits per heavy atom. The summed E-state index contributed by atoms with van der Waals surface area (Å²) in [6, 6.07) is 5.01. The summed E-state index contributed by atoms with van der Waals surface area (Å²) >= 11 is 3.38. The lowest BCUT2D eigenvalue weighted by molar-refractivity contribution is -0.384. The third-order valence-corrected chi connectivity index (χ3v) is 3.28. The van der Waals surface area contributed by atoms with Crippen LogP contribution in [0.25, 0.3) is 0 Å². The Kier molecular flexibility index (Phi) is 5.41. The van der Waals surface area contributed by atoms with Gasteiger partial charge in [0.2, 0.25) is 0 Å². The number of rotatable bonds is 6. The topological polar surface area (TPSA) is 46.4 Å². The first-order valence-corrected chi connectivity index (χ1v) is 6.76. The normalized spacial score (nSPS) is 10.3. The van der Waals surface area contributed by atoms with E-state index in [0.29, 0.717) is 5.33 Å². The van der Waals surface area contributed by atoms with Crippen LogP contribution in [0.15, 0.2) is 18.2 Å². The zero-order valence-corrected chi connectivity index (χ0v) is 11.7. The van der Waals surface area contributed by atoms with Crippen LogP contribution in [0.5, 0.6) is 0 Å². The van der Waals surface area contributed by atoms with Gasteiger partial charge in [-0.3, -0.25) is 10.1 Å². The number of unbranched alkanes of at least 4 members (excludes halogenated alkanes) is 1. The third kappa shape index (κ3) is 3.70. The van der Waals surface area contributed by atoms with Crippen LogP contribution >= 0.6 is 15.9 Å². The van der Waals surface area contributed by atoms with Crippen molar-refractivity contribution in [3.05, 3.63) is 33.9 Å². The highest BCUT2D eigenvalue weighted by Crippen LogP contribution is 2.26. The molecule has 5 heteroatoms. The first-order valence-electron chi connectivity index (χ1n) is 5.64. The van der Waals surface area contributed by atoms with Gasteiger partial charge in [0.1, 0.15) is 0 Å². The molecule has 0 fully saturated rings. The molecule has 0 amide bonds. The molecule has 0 bridgehead atoms. The molecule has 0 aliphatic heterocycles. The highest BCUT2D eigenvalue weighted by Gasteiger charge is 2.12. The van der Waals surface area contributed by atoms with Crippen LogP contribution in [-0.4, -0.2) is 18.5 Å². The second-order valence-electron chi connectivity index (χ2n) is 3.98. The predicted molar refractivity (Wildman–Crippen MR) is 73.9 cm³/mol. The SMILES string of the molecule is CCCCN(C)c1ccc([N+](=O)[O-])cc1CBr. The Morgan fingerprint density at radius 3 is 2.71 bits per heavy atom. The van der Waals surface area contributed by atoms with Crippen molar-refractivity contribution in [2.45, 2.75) is 25.1 Å². The second-order valence-corrected chi connectivity index (χ2v) is 4.54. The van der Waals surface area contributed by atoms with Crippen LogP contribution in [0.2, 0.25) is 0 Å². The molecule has 0 N–H and O–H groups in total. The van der Waals surface area contributed by atoms with E-state index >= 15 is 0 Å². The lowest BCUT2D eigenvalue weighted by Crippen LogP contribution is -2.19. The van der Waals surface area contributed by atoms with Gasteiger partial charge in [-0.05, 0) is 18.1 Å². The van der Waals surface area contributed by atoms with Crippen LogP contribution in [0, 0.1) is 10.1 Å². The first-order chi connectivity index (χ1) is 8.10. The van der Waals surface area contributed by atoms with Crippen molar-refractivity contribution in [2.75, 3.05) is 18.5 Å². The van der Waals surface area contributed by atoms with Crippen molar-refractivity contribution < 1.29 is 4.92 Å². The molecule has 1 aromatic rings. The molecule has 94 valence electrons. The quantitative estimate of drug-likeness (QED) is 0.457. The number of nitro groups is 1. The van der Waals surface area contributed by atoms with Crippen LogP contribution in [0.3, 0.4) is 0 Å². The number of nitro benzene ring substituents is 1. The maximum absolute atomic E-state index is 10.7. The average Bonchev–Trinajstić information content (AvgIpc) is 2.34. The van der Waals surface area contributed by atoms with Crippen LogP contribution < -0.4 is 4.90 Å². The van der Waals surface area contributed by atoms with E-state index < -0.39 is 0 Å². The fraction of sp³-hybridized carbons (Fsp3) is 0.500. The van der Waals surface area contributed by atoms with Gasteiger partial charge in [0.15, 0.2) is 0 Å². The van der Waals surface area contributed by atoms with Gasteiger partial charge in [-0.2, -0.15) is 0 Å². The molecule has 0 atom stereocenters. The van der Waals surface area contributed by atoms with E-state index in [1.54, 1.807) is 12.1 Å². The summed E-state index contributed by atoms with van der Waals surface area (Å²) in [4.78, 5) is 12.5. The van der Waals surface area contributed by atoms with Gasteiger partial charge in [-0.25, -0.2) is 0 Å². The number of anilines is 1. The summed E-state index contributed by atoms with van der Waals surface area (Å²) < 4.78 is 0. The monoisotopic (exact) mass is 300 g/mol. The van der Waals surface area contributed by atoms with E-state index in [-0.39, 0.29) is 10.6 Å². The third-order valence-electron chi connectivity index (χ3n) is 2.68. The van der Waals surface area contributed by atoms with E-state index in [1.165, 1.54) is 0 Å². The maximum Gasteiger partial charge on any atom is 0.269 e. The number of hydrogen-bond acceptors (Lipinski definition) is 3. The fourth-order valence-electron chi connectivity index (χ4n) is 1.68. The van der Waals surface area contributed by atoms with Crippen LogP contribution in [0.4, 0.5) is 11.4 Å². The van der Waals surface area contributed by atoms with Gasteiger partial charge < -0.3 is 4.90 Å². The molecule has 0 unspecified atom stereocenters. The minimum atomic E-state index is -0.359. The zero-order chi connectivity index (χ0) is 12.8. The van der Waals surface area contributed by atoms with E-state index in [2.05, 4.69) is 27.8 Å². The van der Waals surface area contributed by atoms with E-state index in [1.807, 2.05) is 13.1 Å². The molecule has 0 aliphatic rings. The van der Waals surface area contributed by atoms with Gasteiger partial charge in [0.05, 0.1) is 4.92 Å². The summed E-state index contributed by atoms with van der Waals surface area (Å²) in [7, 11) is 2.02. The van der Waals surface area contributed by atoms with Gasteiger partial charge in [-0.15, -0.1) is 0 Å². The lowest BCUT2D eigenvalue weighted by Gasteiger charge is -2.21. The van der Waals surface area contributed by atoms with Crippen molar-refractivity contribution in [1.82, 2.24) is 0 Å². The van der Waals surface area contributed by atoms with Gasteiger partial charge in [0.25, 0.3) is 5.69 Å². The van der Waals surface area contributed by atoms with Crippen LogP contribution in [0.1, 0.15) is 25.3 Å². The molecule has 0 saturated heterocycles. The highest BCUT2D eigenvalue weighted by atomic mass is 79.9. The van der Waals surface area contributed by atoms with Crippen molar-refractivity contribution in [3.63, 3.8) is 0 Å². The average molecular weight is 301 g/mol. The lowest BCUT2D eigenvalue weighted by atomic mass is 10.1. The molecule has 0 aromatic heterocycles. The number of benzene rings is 1. The van der Waals surface area contributed by atoms with E-state index in [0.717, 1.165) is 30.6 Å². The van der Waals surface area contributed by atoms with Crippen molar-refractivity contribution in [1.29, 1.82) is 0 Å². The predicted octanol–water partition coefficient (Wildman–Crippen LogP) is 3.73. The molecule has 0 heterocycles. The summed E-state index contributed by atoms with van der Waals surface area (Å²) in [6.07, 6.45) is 2.26. The van der Waals surface area contributed by atoms with Crippen LogP contribution in [-0.2, 0) is 5.33 Å². The molecular weight excluding hydrogens is 284 g/mol. The summed E-state index contributed by atoms with van der Waals surface area (Å²) in [5.41, 5.74) is 2.16. The number of nitrogens with zero attached hydrogens (tertiary/aromatic N) is 2. The molecule has 1 rings (SSSR count). The Morgan fingerprint density at radius 2 is 2.18 bits per heavy atom. The van der Waals surface area contributed by atoms with Crippen molar-refractivity contribution in [3.8, 4) is 0 Å². The number of non-ortho nitro benzene ring substituents is 1. The van der Waals surface area contributed by atoms with E-state index in [9.17, 15) is 10.1 Å². The zero-order valence-electron chi connectivity index (χ0n) is 10.1. The molecule has 1 aromatic carbocycles.